The first-order valence-corrected chi connectivity index (χ1v) is 10.5. The van der Waals surface area contributed by atoms with E-state index in [0.29, 0.717) is 31.1 Å². The SMILES string of the molecule is CCOC(=O)c1ccc(CN/C=C(/C#N)C(=O)NC(C)c2cc(C)ccc2OCC)cc1. The van der Waals surface area contributed by atoms with Crippen LogP contribution in [0.5, 0.6) is 5.75 Å². The van der Waals surface area contributed by atoms with E-state index in [0.717, 1.165) is 16.7 Å². The summed E-state index contributed by atoms with van der Waals surface area (Å²) in [5.74, 6) is -0.141. The summed E-state index contributed by atoms with van der Waals surface area (Å²) in [6, 6.07) is 14.3. The molecule has 0 radical (unpaired) electrons. The van der Waals surface area contributed by atoms with Gasteiger partial charge in [-0.3, -0.25) is 4.79 Å². The number of aryl methyl sites for hydroxylation is 1. The number of nitrogens with zero attached hydrogens (tertiary/aromatic N) is 1. The van der Waals surface area contributed by atoms with Crippen LogP contribution in [0.4, 0.5) is 0 Å². The first-order valence-electron chi connectivity index (χ1n) is 10.5. The summed E-state index contributed by atoms with van der Waals surface area (Å²) in [5, 5.41) is 15.2. The molecule has 2 aromatic carbocycles. The Balaban J connectivity index is 2.00. The van der Waals surface area contributed by atoms with Gasteiger partial charge >= 0.3 is 5.97 Å². The van der Waals surface area contributed by atoms with Crippen LogP contribution in [-0.2, 0) is 16.1 Å². The largest absolute Gasteiger partial charge is 0.494 e. The van der Waals surface area contributed by atoms with Gasteiger partial charge in [-0.25, -0.2) is 4.79 Å². The number of ether oxygens (including phenoxy) is 2. The van der Waals surface area contributed by atoms with Crippen LogP contribution < -0.4 is 15.4 Å². The van der Waals surface area contributed by atoms with Gasteiger partial charge in [-0.05, 0) is 51.5 Å². The number of hydrogen-bond donors (Lipinski definition) is 2. The van der Waals surface area contributed by atoms with E-state index >= 15 is 0 Å². The molecule has 0 heterocycles. The fourth-order valence-corrected chi connectivity index (χ4v) is 3.04. The van der Waals surface area contributed by atoms with Crippen LogP contribution in [0.3, 0.4) is 0 Å². The van der Waals surface area contributed by atoms with Crippen molar-refractivity contribution in [3.63, 3.8) is 0 Å². The number of amides is 1. The predicted molar refractivity (Wildman–Crippen MR) is 122 cm³/mol. The van der Waals surface area contributed by atoms with E-state index in [1.54, 1.807) is 31.2 Å². The first-order chi connectivity index (χ1) is 15.4. The van der Waals surface area contributed by atoms with Crippen molar-refractivity contribution < 1.29 is 19.1 Å². The molecule has 0 spiro atoms. The highest BCUT2D eigenvalue weighted by atomic mass is 16.5. The van der Waals surface area contributed by atoms with Gasteiger partial charge in [0.25, 0.3) is 5.91 Å². The molecule has 7 nitrogen and oxygen atoms in total. The smallest absolute Gasteiger partial charge is 0.338 e. The third-order valence-corrected chi connectivity index (χ3v) is 4.66. The van der Waals surface area contributed by atoms with Gasteiger partial charge in [0.1, 0.15) is 17.4 Å². The highest BCUT2D eigenvalue weighted by molar-refractivity contribution is 5.97. The maximum absolute atomic E-state index is 12.6. The van der Waals surface area contributed by atoms with Gasteiger partial charge in [0.2, 0.25) is 0 Å². The van der Waals surface area contributed by atoms with Crippen LogP contribution >= 0.6 is 0 Å². The van der Waals surface area contributed by atoms with Crippen molar-refractivity contribution in [2.75, 3.05) is 13.2 Å². The number of benzene rings is 2. The predicted octanol–water partition coefficient (Wildman–Crippen LogP) is 3.94. The number of hydrogen-bond acceptors (Lipinski definition) is 6. The quantitative estimate of drug-likeness (QED) is 0.333. The van der Waals surface area contributed by atoms with Gasteiger partial charge in [-0.15, -0.1) is 0 Å². The van der Waals surface area contributed by atoms with Gasteiger partial charge in [0.05, 0.1) is 24.8 Å². The molecule has 0 aliphatic rings. The molecule has 1 amide bonds. The summed E-state index contributed by atoms with van der Waals surface area (Å²) in [4.78, 5) is 24.3. The van der Waals surface area contributed by atoms with Crippen molar-refractivity contribution in [3.8, 4) is 11.8 Å². The average molecular weight is 436 g/mol. The molecule has 1 atom stereocenters. The molecular weight excluding hydrogens is 406 g/mol. The van der Waals surface area contributed by atoms with E-state index < -0.39 is 5.91 Å². The van der Waals surface area contributed by atoms with Crippen LogP contribution in [-0.4, -0.2) is 25.1 Å². The summed E-state index contributed by atoms with van der Waals surface area (Å²) < 4.78 is 10.6. The minimum atomic E-state index is -0.478. The zero-order valence-corrected chi connectivity index (χ0v) is 18.9. The summed E-state index contributed by atoms with van der Waals surface area (Å²) in [6.07, 6.45) is 1.39. The fraction of sp³-hybridized carbons (Fsp3) is 0.320. The standard InChI is InChI=1S/C25H29N3O4/c1-5-31-23-12-7-17(3)13-22(23)18(4)28-24(29)21(14-26)16-27-15-19-8-10-20(11-9-19)25(30)32-6-2/h7-13,16,18,27H,5-6,15H2,1-4H3,(H,28,29)/b21-16-. The Morgan fingerprint density at radius 1 is 1.12 bits per heavy atom. The first kappa shape index (κ1) is 24.5. The number of nitriles is 1. The second-order valence-corrected chi connectivity index (χ2v) is 7.14. The average Bonchev–Trinajstić information content (AvgIpc) is 2.78. The molecule has 0 aliphatic heterocycles. The van der Waals surface area contributed by atoms with Gasteiger partial charge in [-0.2, -0.15) is 5.26 Å². The van der Waals surface area contributed by atoms with Crippen molar-refractivity contribution in [1.82, 2.24) is 10.6 Å². The number of esters is 1. The summed E-state index contributed by atoms with van der Waals surface area (Å²) in [6.45, 7) is 8.71. The van der Waals surface area contributed by atoms with Gasteiger partial charge in [0, 0.05) is 18.3 Å². The molecule has 1 unspecified atom stereocenters. The van der Waals surface area contributed by atoms with Crippen molar-refractivity contribution >= 4 is 11.9 Å². The lowest BCUT2D eigenvalue weighted by Crippen LogP contribution is -2.29. The molecule has 32 heavy (non-hydrogen) atoms. The molecule has 0 saturated heterocycles. The molecule has 0 aliphatic carbocycles. The van der Waals surface area contributed by atoms with E-state index in [9.17, 15) is 14.9 Å². The second kappa shape index (κ2) is 12.2. The zero-order chi connectivity index (χ0) is 23.5. The maximum atomic E-state index is 12.6. The van der Waals surface area contributed by atoms with Gasteiger partial charge in [-0.1, -0.05) is 29.8 Å². The van der Waals surface area contributed by atoms with Crippen molar-refractivity contribution in [2.45, 2.75) is 40.3 Å². The highest BCUT2D eigenvalue weighted by Crippen LogP contribution is 2.26. The van der Waals surface area contributed by atoms with Crippen LogP contribution in [0, 0.1) is 18.3 Å². The lowest BCUT2D eigenvalue weighted by atomic mass is 10.0. The number of carbonyl (C=O) groups is 2. The molecule has 0 aromatic heterocycles. The van der Waals surface area contributed by atoms with E-state index in [1.807, 2.05) is 45.0 Å². The third kappa shape index (κ3) is 6.88. The Hall–Kier alpha value is -3.79. The number of nitrogens with one attached hydrogen (secondary N) is 2. The Kier molecular flexibility index (Phi) is 9.30. The molecule has 2 rings (SSSR count). The lowest BCUT2D eigenvalue weighted by Gasteiger charge is -2.18. The van der Waals surface area contributed by atoms with E-state index in [4.69, 9.17) is 9.47 Å². The normalized spacial score (nSPS) is 11.8. The van der Waals surface area contributed by atoms with Crippen molar-refractivity contribution in [1.29, 1.82) is 5.26 Å². The Bertz CT molecular complexity index is 1010. The topological polar surface area (TPSA) is 100 Å². The van der Waals surface area contributed by atoms with Crippen LogP contribution in [0.25, 0.3) is 0 Å². The monoisotopic (exact) mass is 435 g/mol. The molecule has 2 aromatic rings. The van der Waals surface area contributed by atoms with E-state index in [-0.39, 0.29) is 17.6 Å². The summed E-state index contributed by atoms with van der Waals surface area (Å²) in [7, 11) is 0. The van der Waals surface area contributed by atoms with Crippen molar-refractivity contribution in [2.24, 2.45) is 0 Å². The summed E-state index contributed by atoms with van der Waals surface area (Å²) >= 11 is 0. The molecule has 168 valence electrons. The molecule has 0 bridgehead atoms. The molecular formula is C25H29N3O4. The fourth-order valence-electron chi connectivity index (χ4n) is 3.04. The number of rotatable bonds is 10. The zero-order valence-electron chi connectivity index (χ0n) is 18.9. The molecule has 2 N–H and O–H groups in total. The molecule has 0 fully saturated rings. The lowest BCUT2D eigenvalue weighted by molar-refractivity contribution is -0.117. The minimum absolute atomic E-state index is 0.0365. The Morgan fingerprint density at radius 3 is 2.47 bits per heavy atom. The van der Waals surface area contributed by atoms with Gasteiger partial charge in [0.15, 0.2) is 0 Å². The summed E-state index contributed by atoms with van der Waals surface area (Å²) in [5.41, 5.74) is 3.23. The van der Waals surface area contributed by atoms with E-state index in [2.05, 4.69) is 10.6 Å². The van der Waals surface area contributed by atoms with Crippen molar-refractivity contribution in [3.05, 3.63) is 76.5 Å². The van der Waals surface area contributed by atoms with E-state index in [1.165, 1.54) is 6.20 Å². The van der Waals surface area contributed by atoms with Crippen LogP contribution in [0.2, 0.25) is 0 Å². The molecule has 7 heteroatoms. The Morgan fingerprint density at radius 2 is 1.84 bits per heavy atom. The van der Waals surface area contributed by atoms with Crippen LogP contribution in [0.15, 0.2) is 54.2 Å². The maximum Gasteiger partial charge on any atom is 0.338 e. The Labute approximate surface area is 189 Å². The minimum Gasteiger partial charge on any atom is -0.494 e. The van der Waals surface area contributed by atoms with Crippen LogP contribution in [0.1, 0.15) is 53.9 Å². The van der Waals surface area contributed by atoms with Gasteiger partial charge < -0.3 is 20.1 Å². The second-order valence-electron chi connectivity index (χ2n) is 7.14. The molecule has 0 saturated carbocycles. The highest BCUT2D eigenvalue weighted by Gasteiger charge is 2.17. The number of carbonyl (C=O) groups excluding carboxylic acids is 2. The third-order valence-electron chi connectivity index (χ3n) is 4.66.